The number of carbonyl (C=O) groups is 1. The lowest BCUT2D eigenvalue weighted by Gasteiger charge is -2.00. The van der Waals surface area contributed by atoms with Crippen molar-refractivity contribution >= 4 is 5.91 Å². The number of hydrogen-bond acceptors (Lipinski definition) is 4. The first-order valence-electron chi connectivity index (χ1n) is 4.14. The largest absolute Gasteiger partial charge is 0.350 e. The number of nitrogens with zero attached hydrogens (tertiary/aromatic N) is 2. The van der Waals surface area contributed by atoms with Gasteiger partial charge in [0, 0.05) is 6.42 Å². The van der Waals surface area contributed by atoms with Crippen molar-refractivity contribution in [1.29, 1.82) is 0 Å². The highest BCUT2D eigenvalue weighted by Crippen LogP contribution is 1.90. The first-order chi connectivity index (χ1) is 6.33. The molecule has 0 aromatic carbocycles. The summed E-state index contributed by atoms with van der Waals surface area (Å²) < 4.78 is 0. The Morgan fingerprint density at radius 1 is 1.69 bits per heavy atom. The Morgan fingerprint density at radius 2 is 2.54 bits per heavy atom. The normalized spacial score (nSPS) is 9.92. The standard InChI is InChI=1S/C7H13N5O/c8-3-1-2-7(13)9-4-6-5-10-12-11-6/h5H,1-4,8H2,(H,9,13)(H,10,11,12). The molecule has 4 N–H and O–H groups in total. The van der Waals surface area contributed by atoms with E-state index in [2.05, 4.69) is 20.7 Å². The zero-order valence-corrected chi connectivity index (χ0v) is 7.29. The Hall–Kier alpha value is -1.43. The summed E-state index contributed by atoms with van der Waals surface area (Å²) in [4.78, 5) is 11.1. The van der Waals surface area contributed by atoms with Crippen molar-refractivity contribution in [2.75, 3.05) is 6.54 Å². The molecule has 6 nitrogen and oxygen atoms in total. The molecule has 0 fully saturated rings. The molecule has 1 aromatic heterocycles. The maximum atomic E-state index is 11.1. The summed E-state index contributed by atoms with van der Waals surface area (Å²) in [7, 11) is 0. The molecule has 72 valence electrons. The molecule has 13 heavy (non-hydrogen) atoms. The van der Waals surface area contributed by atoms with Gasteiger partial charge in [0.1, 0.15) is 5.69 Å². The lowest BCUT2D eigenvalue weighted by atomic mass is 10.3. The molecule has 1 aromatic rings. The van der Waals surface area contributed by atoms with E-state index in [0.717, 1.165) is 5.69 Å². The molecular weight excluding hydrogens is 170 g/mol. The molecular formula is C7H13N5O. The lowest BCUT2D eigenvalue weighted by molar-refractivity contribution is -0.121. The maximum absolute atomic E-state index is 11.1. The second kappa shape index (κ2) is 5.26. The van der Waals surface area contributed by atoms with E-state index in [1.165, 1.54) is 0 Å². The fraction of sp³-hybridized carbons (Fsp3) is 0.571. The average Bonchev–Trinajstić information content (AvgIpc) is 2.64. The Balaban J connectivity index is 2.15. The number of hydrogen-bond donors (Lipinski definition) is 3. The minimum atomic E-state index is -0.00606. The van der Waals surface area contributed by atoms with Crippen LogP contribution in [0.4, 0.5) is 0 Å². The zero-order valence-electron chi connectivity index (χ0n) is 7.29. The second-order valence-electron chi connectivity index (χ2n) is 2.63. The van der Waals surface area contributed by atoms with Gasteiger partial charge in [0.15, 0.2) is 0 Å². The van der Waals surface area contributed by atoms with Gasteiger partial charge in [0.2, 0.25) is 5.91 Å². The van der Waals surface area contributed by atoms with Crippen LogP contribution in [0.3, 0.4) is 0 Å². The SMILES string of the molecule is NCCCC(=O)NCc1cn[nH]n1. The quantitative estimate of drug-likeness (QED) is 0.554. The van der Waals surface area contributed by atoms with Crippen LogP contribution in [0.2, 0.25) is 0 Å². The molecule has 1 heterocycles. The van der Waals surface area contributed by atoms with Crippen LogP contribution in [0.1, 0.15) is 18.5 Å². The molecule has 0 aliphatic heterocycles. The monoisotopic (exact) mass is 183 g/mol. The molecule has 0 aliphatic carbocycles. The molecule has 0 atom stereocenters. The molecule has 0 bridgehead atoms. The summed E-state index contributed by atoms with van der Waals surface area (Å²) in [5, 5.41) is 12.6. The van der Waals surface area contributed by atoms with Gasteiger partial charge in [-0.2, -0.15) is 15.4 Å². The van der Waals surface area contributed by atoms with E-state index in [4.69, 9.17) is 5.73 Å². The molecule has 6 heteroatoms. The third-order valence-corrected chi connectivity index (χ3v) is 1.54. The third-order valence-electron chi connectivity index (χ3n) is 1.54. The molecule has 0 unspecified atom stereocenters. The first-order valence-corrected chi connectivity index (χ1v) is 4.14. The van der Waals surface area contributed by atoms with Crippen LogP contribution >= 0.6 is 0 Å². The Morgan fingerprint density at radius 3 is 3.15 bits per heavy atom. The molecule has 1 rings (SSSR count). The van der Waals surface area contributed by atoms with Gasteiger partial charge in [-0.1, -0.05) is 0 Å². The number of aromatic amines is 1. The molecule has 0 radical (unpaired) electrons. The van der Waals surface area contributed by atoms with Crippen LogP contribution in [0.15, 0.2) is 6.20 Å². The summed E-state index contributed by atoms with van der Waals surface area (Å²) in [5.41, 5.74) is 5.98. The highest BCUT2D eigenvalue weighted by molar-refractivity contribution is 5.75. The van der Waals surface area contributed by atoms with Crippen molar-refractivity contribution in [3.8, 4) is 0 Å². The number of nitrogens with one attached hydrogen (secondary N) is 2. The van der Waals surface area contributed by atoms with Crippen LogP contribution in [-0.4, -0.2) is 27.9 Å². The number of amides is 1. The van der Waals surface area contributed by atoms with E-state index in [0.29, 0.717) is 25.9 Å². The van der Waals surface area contributed by atoms with E-state index >= 15 is 0 Å². The van der Waals surface area contributed by atoms with Crippen LogP contribution in [0, 0.1) is 0 Å². The summed E-state index contributed by atoms with van der Waals surface area (Å²) in [6, 6.07) is 0. The van der Waals surface area contributed by atoms with E-state index in [1.54, 1.807) is 6.20 Å². The summed E-state index contributed by atoms with van der Waals surface area (Å²) in [6.45, 7) is 0.956. The number of rotatable bonds is 5. The Labute approximate surface area is 75.9 Å². The predicted octanol–water partition coefficient (Wildman–Crippen LogP) is -0.840. The van der Waals surface area contributed by atoms with Gasteiger partial charge in [-0.25, -0.2) is 0 Å². The van der Waals surface area contributed by atoms with Gasteiger partial charge in [0.05, 0.1) is 12.7 Å². The minimum Gasteiger partial charge on any atom is -0.350 e. The molecule has 0 saturated heterocycles. The lowest BCUT2D eigenvalue weighted by Crippen LogP contribution is -2.23. The number of nitrogens with two attached hydrogens (primary N) is 1. The van der Waals surface area contributed by atoms with Crippen LogP contribution in [0.25, 0.3) is 0 Å². The van der Waals surface area contributed by atoms with E-state index < -0.39 is 0 Å². The van der Waals surface area contributed by atoms with E-state index in [-0.39, 0.29) is 5.91 Å². The molecule has 1 amide bonds. The Bertz CT molecular complexity index is 245. The summed E-state index contributed by atoms with van der Waals surface area (Å²) >= 11 is 0. The van der Waals surface area contributed by atoms with Gasteiger partial charge >= 0.3 is 0 Å². The minimum absolute atomic E-state index is 0.00606. The molecule has 0 spiro atoms. The van der Waals surface area contributed by atoms with E-state index in [9.17, 15) is 4.79 Å². The maximum Gasteiger partial charge on any atom is 0.220 e. The highest BCUT2D eigenvalue weighted by atomic mass is 16.1. The Kier molecular flexibility index (Phi) is 3.90. The fourth-order valence-electron chi connectivity index (χ4n) is 0.851. The third kappa shape index (κ3) is 3.66. The molecule has 0 aliphatic rings. The highest BCUT2D eigenvalue weighted by Gasteiger charge is 2.01. The number of aromatic nitrogens is 3. The van der Waals surface area contributed by atoms with Gasteiger partial charge in [0.25, 0.3) is 0 Å². The summed E-state index contributed by atoms with van der Waals surface area (Å²) in [5.74, 6) is -0.00606. The van der Waals surface area contributed by atoms with Crippen LogP contribution < -0.4 is 11.1 Å². The van der Waals surface area contributed by atoms with Gasteiger partial charge in [-0.05, 0) is 13.0 Å². The van der Waals surface area contributed by atoms with Crippen molar-refractivity contribution in [2.45, 2.75) is 19.4 Å². The van der Waals surface area contributed by atoms with Gasteiger partial charge in [-0.3, -0.25) is 4.79 Å². The van der Waals surface area contributed by atoms with E-state index in [1.807, 2.05) is 0 Å². The smallest absolute Gasteiger partial charge is 0.220 e. The van der Waals surface area contributed by atoms with Crippen molar-refractivity contribution in [2.24, 2.45) is 5.73 Å². The van der Waals surface area contributed by atoms with Crippen molar-refractivity contribution in [3.63, 3.8) is 0 Å². The van der Waals surface area contributed by atoms with Crippen molar-refractivity contribution in [3.05, 3.63) is 11.9 Å². The second-order valence-corrected chi connectivity index (χ2v) is 2.63. The topological polar surface area (TPSA) is 96.7 Å². The number of H-pyrrole nitrogens is 1. The summed E-state index contributed by atoms with van der Waals surface area (Å²) in [6.07, 6.45) is 2.75. The van der Waals surface area contributed by atoms with Crippen molar-refractivity contribution < 1.29 is 4.79 Å². The van der Waals surface area contributed by atoms with Crippen molar-refractivity contribution in [1.82, 2.24) is 20.7 Å². The first kappa shape index (κ1) is 9.66. The van der Waals surface area contributed by atoms with Crippen LogP contribution in [0.5, 0.6) is 0 Å². The van der Waals surface area contributed by atoms with Gasteiger partial charge in [-0.15, -0.1) is 0 Å². The average molecular weight is 183 g/mol. The van der Waals surface area contributed by atoms with Gasteiger partial charge < -0.3 is 11.1 Å². The molecule has 0 saturated carbocycles. The van der Waals surface area contributed by atoms with Crippen LogP contribution in [-0.2, 0) is 11.3 Å². The number of carbonyl (C=O) groups excluding carboxylic acids is 1. The zero-order chi connectivity index (χ0) is 9.52. The predicted molar refractivity (Wildman–Crippen MR) is 46.5 cm³/mol. The fourth-order valence-corrected chi connectivity index (χ4v) is 0.851.